The van der Waals surface area contributed by atoms with E-state index in [4.69, 9.17) is 4.74 Å². The average molecular weight is 508 g/mol. The van der Waals surface area contributed by atoms with E-state index in [2.05, 4.69) is 35.9 Å². The van der Waals surface area contributed by atoms with E-state index in [0.717, 1.165) is 17.8 Å². The summed E-state index contributed by atoms with van der Waals surface area (Å²) in [6.07, 6.45) is 3.03. The molecule has 2 aromatic carbocycles. The first-order chi connectivity index (χ1) is 14.9. The highest BCUT2D eigenvalue weighted by Gasteiger charge is 2.31. The summed E-state index contributed by atoms with van der Waals surface area (Å²) in [6, 6.07) is 9.29. The van der Waals surface area contributed by atoms with Gasteiger partial charge < -0.3 is 19.8 Å². The van der Waals surface area contributed by atoms with E-state index in [-0.39, 0.29) is 9.99 Å². The molecule has 11 heteroatoms. The summed E-state index contributed by atoms with van der Waals surface area (Å²) in [6.45, 7) is 0. The molecule has 5 rings (SSSR count). The summed E-state index contributed by atoms with van der Waals surface area (Å²) in [5.41, 5.74) is 1.46. The summed E-state index contributed by atoms with van der Waals surface area (Å²) in [5.74, 6) is 1.48. The van der Waals surface area contributed by atoms with Crippen molar-refractivity contribution < 1.29 is 17.9 Å². The second kappa shape index (κ2) is 7.57. The van der Waals surface area contributed by atoms with Crippen molar-refractivity contribution in [2.45, 2.75) is 6.18 Å². The maximum Gasteiger partial charge on any atom is 0.416 e. The molecule has 0 atom stereocenters. The average Bonchev–Trinajstić information content (AvgIpc) is 3.35. The summed E-state index contributed by atoms with van der Waals surface area (Å²) in [5, 5.41) is 3.10. The Hall–Kier alpha value is -3.05. The molecule has 0 spiro atoms. The molecule has 3 aromatic rings. The molecule has 0 aliphatic carbocycles. The van der Waals surface area contributed by atoms with Crippen LogP contribution in [0, 0.1) is 0 Å². The Morgan fingerprint density at radius 1 is 1.19 bits per heavy atom. The normalized spacial score (nSPS) is 15.4. The number of rotatable bonds is 4. The number of benzene rings is 2. The van der Waals surface area contributed by atoms with Gasteiger partial charge in [0, 0.05) is 22.9 Å². The van der Waals surface area contributed by atoms with Crippen LogP contribution in [0.25, 0.3) is 11.0 Å². The topological polar surface area (TPSA) is 65.2 Å². The van der Waals surface area contributed by atoms with E-state index >= 15 is 0 Å². The largest absolute Gasteiger partial charge is 0.455 e. The van der Waals surface area contributed by atoms with Gasteiger partial charge in [0.25, 0.3) is 0 Å². The zero-order valence-corrected chi connectivity index (χ0v) is 17.9. The van der Waals surface area contributed by atoms with Crippen molar-refractivity contribution in [3.05, 3.63) is 82.4 Å². The van der Waals surface area contributed by atoms with E-state index in [0.29, 0.717) is 28.7 Å². The zero-order chi connectivity index (χ0) is 21.6. The Kier molecular flexibility index (Phi) is 4.86. The lowest BCUT2D eigenvalue weighted by Gasteiger charge is -2.18. The molecule has 0 saturated heterocycles. The third kappa shape index (κ3) is 3.98. The van der Waals surface area contributed by atoms with Gasteiger partial charge in [0.1, 0.15) is 11.3 Å². The molecule has 0 amide bonds. The molecule has 0 bridgehead atoms. The van der Waals surface area contributed by atoms with Crippen LogP contribution in [0.5, 0.6) is 5.75 Å². The molecule has 0 fully saturated rings. The number of H-pyrrole nitrogens is 1. The number of halogens is 4. The third-order valence-electron chi connectivity index (χ3n) is 4.51. The SMILES string of the molecule is FC(F)(F)c1cc(Br)c2nc(Nc3ccccc3OC3=CC4=CNSN4C=C3)[nH]c2c1. The number of aromatic nitrogens is 2. The number of aromatic amines is 1. The molecule has 1 aromatic heterocycles. The summed E-state index contributed by atoms with van der Waals surface area (Å²) in [4.78, 5) is 7.27. The Balaban J connectivity index is 1.43. The van der Waals surface area contributed by atoms with Crippen LogP contribution in [-0.2, 0) is 6.18 Å². The lowest BCUT2D eigenvalue weighted by atomic mass is 10.2. The van der Waals surface area contributed by atoms with Gasteiger partial charge in [0.15, 0.2) is 5.75 Å². The van der Waals surface area contributed by atoms with Crippen LogP contribution in [0.1, 0.15) is 5.56 Å². The number of imidazole rings is 1. The van der Waals surface area contributed by atoms with Crippen molar-refractivity contribution in [1.82, 2.24) is 19.0 Å². The number of nitrogens with zero attached hydrogens (tertiary/aromatic N) is 2. The molecule has 2 aliphatic heterocycles. The number of fused-ring (bicyclic) bond motifs is 2. The highest BCUT2D eigenvalue weighted by atomic mass is 79.9. The lowest BCUT2D eigenvalue weighted by molar-refractivity contribution is -0.137. The van der Waals surface area contributed by atoms with E-state index in [9.17, 15) is 13.2 Å². The highest BCUT2D eigenvalue weighted by Crippen LogP contribution is 2.36. The maximum atomic E-state index is 13.1. The Morgan fingerprint density at radius 3 is 2.87 bits per heavy atom. The van der Waals surface area contributed by atoms with Crippen LogP contribution in [-0.4, -0.2) is 14.3 Å². The van der Waals surface area contributed by atoms with E-state index in [1.807, 2.05) is 41.0 Å². The molecule has 3 N–H and O–H groups in total. The second-order valence-corrected chi connectivity index (χ2v) is 8.29. The van der Waals surface area contributed by atoms with Gasteiger partial charge in [-0.1, -0.05) is 12.1 Å². The van der Waals surface area contributed by atoms with Gasteiger partial charge in [0.2, 0.25) is 5.95 Å². The van der Waals surface area contributed by atoms with E-state index in [1.165, 1.54) is 12.1 Å². The van der Waals surface area contributed by atoms with Crippen LogP contribution in [0.4, 0.5) is 24.8 Å². The van der Waals surface area contributed by atoms with Crippen LogP contribution < -0.4 is 14.8 Å². The zero-order valence-electron chi connectivity index (χ0n) is 15.5. The number of ether oxygens (including phenoxy) is 1. The number of allylic oxidation sites excluding steroid dienone is 2. The molecule has 3 heterocycles. The number of para-hydroxylation sites is 2. The predicted octanol–water partition coefficient (Wildman–Crippen LogP) is 6.19. The molecular formula is C20H13BrF3N5OS. The van der Waals surface area contributed by atoms with Crippen molar-refractivity contribution >= 4 is 50.7 Å². The predicted molar refractivity (Wildman–Crippen MR) is 117 cm³/mol. The Bertz CT molecular complexity index is 1270. The highest BCUT2D eigenvalue weighted by molar-refractivity contribution is 9.10. The number of anilines is 2. The fourth-order valence-corrected chi connectivity index (χ4v) is 4.26. The first-order valence-corrected chi connectivity index (χ1v) is 10.6. The molecule has 0 saturated carbocycles. The van der Waals surface area contributed by atoms with Gasteiger partial charge in [-0.05, 0) is 46.3 Å². The van der Waals surface area contributed by atoms with Gasteiger partial charge in [-0.15, -0.1) is 0 Å². The van der Waals surface area contributed by atoms with Gasteiger partial charge in [-0.25, -0.2) is 4.98 Å². The summed E-state index contributed by atoms with van der Waals surface area (Å²) in [7, 11) is 0. The van der Waals surface area contributed by atoms with Crippen molar-refractivity contribution in [2.75, 3.05) is 5.32 Å². The van der Waals surface area contributed by atoms with E-state index in [1.54, 1.807) is 12.1 Å². The molecule has 158 valence electrons. The Labute approximate surface area is 187 Å². The van der Waals surface area contributed by atoms with Gasteiger partial charge in [0.05, 0.1) is 34.6 Å². The van der Waals surface area contributed by atoms with Gasteiger partial charge in [-0.2, -0.15) is 13.2 Å². The minimum absolute atomic E-state index is 0.254. The summed E-state index contributed by atoms with van der Waals surface area (Å²) < 4.78 is 50.6. The molecule has 2 aliphatic rings. The third-order valence-corrected chi connectivity index (χ3v) is 5.87. The Morgan fingerprint density at radius 2 is 2.03 bits per heavy atom. The van der Waals surface area contributed by atoms with Gasteiger partial charge in [-0.3, -0.25) is 4.31 Å². The molecule has 31 heavy (non-hydrogen) atoms. The smallest absolute Gasteiger partial charge is 0.416 e. The number of alkyl halides is 3. The van der Waals surface area contributed by atoms with Gasteiger partial charge >= 0.3 is 6.18 Å². The van der Waals surface area contributed by atoms with Crippen molar-refractivity contribution in [1.29, 1.82) is 0 Å². The molecular weight excluding hydrogens is 495 g/mol. The second-order valence-electron chi connectivity index (χ2n) is 6.63. The van der Waals surface area contributed by atoms with Crippen LogP contribution in [0.3, 0.4) is 0 Å². The van der Waals surface area contributed by atoms with E-state index < -0.39 is 11.7 Å². The fraction of sp³-hybridized carbons (Fsp3) is 0.0500. The van der Waals surface area contributed by atoms with Crippen LogP contribution >= 0.6 is 28.1 Å². The van der Waals surface area contributed by atoms with Crippen molar-refractivity contribution in [3.8, 4) is 5.75 Å². The number of hydrogen-bond donors (Lipinski definition) is 3. The first-order valence-electron chi connectivity index (χ1n) is 8.99. The van der Waals surface area contributed by atoms with Crippen molar-refractivity contribution in [2.24, 2.45) is 0 Å². The van der Waals surface area contributed by atoms with Crippen LogP contribution in [0.15, 0.2) is 76.9 Å². The fourth-order valence-electron chi connectivity index (χ4n) is 3.09. The molecule has 0 unspecified atom stereocenters. The molecule has 6 nitrogen and oxygen atoms in total. The monoisotopic (exact) mass is 507 g/mol. The van der Waals surface area contributed by atoms with Crippen molar-refractivity contribution in [3.63, 3.8) is 0 Å². The number of hydrogen-bond acceptors (Lipinski definition) is 6. The minimum Gasteiger partial charge on any atom is -0.455 e. The minimum atomic E-state index is -4.45. The quantitative estimate of drug-likeness (QED) is 0.366. The lowest BCUT2D eigenvalue weighted by Crippen LogP contribution is -2.09. The first kappa shape index (κ1) is 19.9. The number of nitrogens with one attached hydrogen (secondary N) is 3. The van der Waals surface area contributed by atoms with Crippen LogP contribution in [0.2, 0.25) is 0 Å². The standard InChI is InChI=1S/C20H13BrF3N5OS/c21-14-7-11(20(22,23)24)8-16-18(14)28-19(27-16)26-15-3-1-2-4-17(15)30-13-5-6-29-12(9-13)10-25-31-29/h1-10,25H,(H2,26,27,28). The maximum absolute atomic E-state index is 13.1. The summed E-state index contributed by atoms with van der Waals surface area (Å²) >= 11 is 4.63. The molecule has 0 radical (unpaired) electrons.